The van der Waals surface area contributed by atoms with Gasteiger partial charge in [-0.25, -0.2) is 4.98 Å². The second-order valence-electron chi connectivity index (χ2n) is 7.58. The van der Waals surface area contributed by atoms with E-state index in [1.54, 1.807) is 0 Å². The van der Waals surface area contributed by atoms with Crippen LogP contribution in [0, 0.1) is 0 Å². The van der Waals surface area contributed by atoms with Crippen molar-refractivity contribution in [1.82, 2.24) is 14.8 Å². The van der Waals surface area contributed by atoms with E-state index in [9.17, 15) is 4.79 Å². The molecule has 4 rings (SSSR count). The molecular weight excluding hydrogens is 336 g/mol. The molecule has 1 aromatic carbocycles. The lowest BCUT2D eigenvalue weighted by atomic mass is 9.87. The highest BCUT2D eigenvalue weighted by Crippen LogP contribution is 2.33. The maximum Gasteiger partial charge on any atom is 0.236 e. The average molecular weight is 364 g/mol. The molecule has 0 N–H and O–H groups in total. The molecule has 1 amide bonds. The Morgan fingerprint density at radius 2 is 1.89 bits per heavy atom. The Kier molecular flexibility index (Phi) is 5.39. The summed E-state index contributed by atoms with van der Waals surface area (Å²) in [6, 6.07) is 15.0. The van der Waals surface area contributed by atoms with Gasteiger partial charge in [-0.15, -0.1) is 0 Å². The third-order valence-electron chi connectivity index (χ3n) is 5.86. The van der Waals surface area contributed by atoms with Gasteiger partial charge in [0.05, 0.1) is 6.54 Å². The minimum absolute atomic E-state index is 0.237. The molecule has 2 aromatic rings. The van der Waals surface area contributed by atoms with Gasteiger partial charge in [0.1, 0.15) is 5.82 Å². The topological polar surface area (TPSA) is 39.7 Å². The van der Waals surface area contributed by atoms with Gasteiger partial charge in [0, 0.05) is 38.4 Å². The zero-order chi connectivity index (χ0) is 18.6. The van der Waals surface area contributed by atoms with E-state index in [-0.39, 0.29) is 5.91 Å². The van der Waals surface area contributed by atoms with Gasteiger partial charge in [-0.2, -0.15) is 0 Å². The van der Waals surface area contributed by atoms with Gasteiger partial charge >= 0.3 is 0 Å². The van der Waals surface area contributed by atoms with Crippen molar-refractivity contribution < 1.29 is 4.79 Å². The number of likely N-dealkylation sites (N-methyl/N-ethyl adjacent to an activating group) is 1. The number of aromatic nitrogens is 1. The lowest BCUT2D eigenvalue weighted by Crippen LogP contribution is -2.51. The Morgan fingerprint density at radius 3 is 2.67 bits per heavy atom. The van der Waals surface area contributed by atoms with Crippen LogP contribution >= 0.6 is 0 Å². The van der Waals surface area contributed by atoms with Gasteiger partial charge in [0.15, 0.2) is 0 Å². The monoisotopic (exact) mass is 364 g/mol. The summed E-state index contributed by atoms with van der Waals surface area (Å²) >= 11 is 0. The first-order valence-electron chi connectivity index (χ1n) is 9.94. The fraction of sp³-hybridized carbons (Fsp3) is 0.455. The van der Waals surface area contributed by atoms with E-state index in [1.807, 2.05) is 29.3 Å². The van der Waals surface area contributed by atoms with Crippen molar-refractivity contribution in [3.63, 3.8) is 0 Å². The number of anilines is 1. The first-order valence-corrected chi connectivity index (χ1v) is 9.94. The molecule has 142 valence electrons. The normalized spacial score (nSPS) is 19.9. The Labute approximate surface area is 161 Å². The first kappa shape index (κ1) is 18.0. The predicted molar refractivity (Wildman–Crippen MR) is 108 cm³/mol. The van der Waals surface area contributed by atoms with E-state index >= 15 is 0 Å². The number of piperazine rings is 1. The highest BCUT2D eigenvalue weighted by Gasteiger charge is 2.27. The molecule has 5 nitrogen and oxygen atoms in total. The number of carbonyl (C=O) groups is 1. The van der Waals surface area contributed by atoms with Crippen LogP contribution in [0.3, 0.4) is 0 Å². The van der Waals surface area contributed by atoms with Gasteiger partial charge < -0.3 is 9.80 Å². The number of aryl methyl sites for hydroxylation is 1. The van der Waals surface area contributed by atoms with E-state index in [4.69, 9.17) is 0 Å². The van der Waals surface area contributed by atoms with E-state index in [0.29, 0.717) is 12.6 Å². The lowest BCUT2D eigenvalue weighted by Gasteiger charge is -2.38. The molecule has 0 spiro atoms. The number of pyridine rings is 1. The summed E-state index contributed by atoms with van der Waals surface area (Å²) in [6.45, 7) is 3.72. The molecule has 1 fully saturated rings. The number of carbonyl (C=O) groups excluding carboxylic acids is 1. The Hall–Kier alpha value is -2.40. The fourth-order valence-corrected chi connectivity index (χ4v) is 4.34. The molecular formula is C22H28N4O. The SMILES string of the molecule is CN(CC(=O)N1CCN(c2ccccn2)CC1)[C@@H]1CCCc2ccccc21. The molecule has 0 bridgehead atoms. The van der Waals surface area contributed by atoms with E-state index in [2.05, 4.69) is 46.1 Å². The van der Waals surface area contributed by atoms with Gasteiger partial charge in [0.25, 0.3) is 0 Å². The maximum atomic E-state index is 12.9. The van der Waals surface area contributed by atoms with Crippen molar-refractivity contribution in [2.24, 2.45) is 0 Å². The summed E-state index contributed by atoms with van der Waals surface area (Å²) in [4.78, 5) is 23.8. The quantitative estimate of drug-likeness (QED) is 0.836. The highest BCUT2D eigenvalue weighted by molar-refractivity contribution is 5.78. The van der Waals surface area contributed by atoms with Crippen LogP contribution in [-0.2, 0) is 11.2 Å². The van der Waals surface area contributed by atoms with E-state index < -0.39 is 0 Å². The number of rotatable bonds is 4. The first-order chi connectivity index (χ1) is 13.2. The highest BCUT2D eigenvalue weighted by atomic mass is 16.2. The lowest BCUT2D eigenvalue weighted by molar-refractivity contribution is -0.133. The van der Waals surface area contributed by atoms with Gasteiger partial charge in [-0.1, -0.05) is 30.3 Å². The van der Waals surface area contributed by atoms with Crippen LogP contribution in [0.5, 0.6) is 0 Å². The number of fused-ring (bicyclic) bond motifs is 1. The van der Waals surface area contributed by atoms with Crippen LogP contribution < -0.4 is 4.90 Å². The smallest absolute Gasteiger partial charge is 0.236 e. The average Bonchev–Trinajstić information content (AvgIpc) is 2.74. The van der Waals surface area contributed by atoms with Gasteiger partial charge in [-0.3, -0.25) is 9.69 Å². The van der Waals surface area contributed by atoms with Crippen molar-refractivity contribution >= 4 is 11.7 Å². The molecule has 2 aliphatic rings. The van der Waals surface area contributed by atoms with Crippen LogP contribution in [0.15, 0.2) is 48.7 Å². The summed E-state index contributed by atoms with van der Waals surface area (Å²) in [5.41, 5.74) is 2.84. The number of benzene rings is 1. The molecule has 1 atom stereocenters. The summed E-state index contributed by atoms with van der Waals surface area (Å²) in [7, 11) is 2.09. The van der Waals surface area contributed by atoms with Crippen molar-refractivity contribution in [1.29, 1.82) is 0 Å². The number of amides is 1. The maximum absolute atomic E-state index is 12.9. The molecule has 1 aliphatic carbocycles. The molecule has 0 radical (unpaired) electrons. The van der Waals surface area contributed by atoms with E-state index in [1.165, 1.54) is 17.5 Å². The molecule has 2 heterocycles. The summed E-state index contributed by atoms with van der Waals surface area (Å²) < 4.78 is 0. The Bertz CT molecular complexity index is 771. The number of hydrogen-bond donors (Lipinski definition) is 0. The predicted octanol–water partition coefficient (Wildman–Crippen LogP) is 2.74. The Morgan fingerprint density at radius 1 is 1.11 bits per heavy atom. The zero-order valence-corrected chi connectivity index (χ0v) is 16.1. The Balaban J connectivity index is 1.34. The van der Waals surface area contributed by atoms with Gasteiger partial charge in [0.2, 0.25) is 5.91 Å². The van der Waals surface area contributed by atoms with Crippen molar-refractivity contribution in [3.8, 4) is 0 Å². The fourth-order valence-electron chi connectivity index (χ4n) is 4.34. The number of nitrogens with zero attached hydrogens (tertiary/aromatic N) is 4. The molecule has 1 aliphatic heterocycles. The largest absolute Gasteiger partial charge is 0.353 e. The molecule has 1 saturated heterocycles. The molecule has 1 aromatic heterocycles. The van der Waals surface area contributed by atoms with Crippen LogP contribution in [0.2, 0.25) is 0 Å². The van der Waals surface area contributed by atoms with Gasteiger partial charge in [-0.05, 0) is 49.6 Å². The molecule has 0 saturated carbocycles. The van der Waals surface area contributed by atoms with E-state index in [0.717, 1.165) is 44.8 Å². The zero-order valence-electron chi connectivity index (χ0n) is 16.1. The second kappa shape index (κ2) is 8.09. The van der Waals surface area contributed by atoms with Crippen LogP contribution in [0.1, 0.15) is 30.0 Å². The molecule has 5 heteroatoms. The summed E-state index contributed by atoms with van der Waals surface area (Å²) in [6.07, 6.45) is 5.31. The van der Waals surface area contributed by atoms with Crippen LogP contribution in [0.25, 0.3) is 0 Å². The van der Waals surface area contributed by atoms with Crippen molar-refractivity contribution in [3.05, 3.63) is 59.8 Å². The van der Waals surface area contributed by atoms with Crippen LogP contribution in [0.4, 0.5) is 5.82 Å². The molecule has 0 unspecified atom stereocenters. The summed E-state index contributed by atoms with van der Waals surface area (Å²) in [5.74, 6) is 1.24. The second-order valence-corrected chi connectivity index (χ2v) is 7.58. The van der Waals surface area contributed by atoms with Crippen LogP contribution in [-0.4, -0.2) is 60.5 Å². The number of hydrogen-bond acceptors (Lipinski definition) is 4. The minimum Gasteiger partial charge on any atom is -0.353 e. The summed E-state index contributed by atoms with van der Waals surface area (Å²) in [5, 5.41) is 0. The third-order valence-corrected chi connectivity index (χ3v) is 5.86. The third kappa shape index (κ3) is 3.98. The molecule has 27 heavy (non-hydrogen) atoms. The standard InChI is InChI=1S/C22H28N4O/c1-24(20-10-6-8-18-7-2-3-9-19(18)20)17-22(27)26-15-13-25(14-16-26)21-11-4-5-12-23-21/h2-5,7,9,11-12,20H,6,8,10,13-17H2,1H3/t20-/m1/s1. The minimum atomic E-state index is 0.237. The van der Waals surface area contributed by atoms with Crippen molar-refractivity contribution in [2.75, 3.05) is 44.7 Å². The van der Waals surface area contributed by atoms with Crippen molar-refractivity contribution in [2.45, 2.75) is 25.3 Å².